The second-order valence-corrected chi connectivity index (χ2v) is 4.51. The molecule has 2 rings (SSSR count). The zero-order valence-corrected chi connectivity index (χ0v) is 11.4. The molecule has 0 aliphatic carbocycles. The normalized spacial score (nSPS) is 10.5. The number of carbonyl (C=O) groups excluding carboxylic acids is 1. The highest BCUT2D eigenvalue weighted by Gasteiger charge is 2.15. The quantitative estimate of drug-likeness (QED) is 0.777. The molecule has 2 aromatic rings. The van der Waals surface area contributed by atoms with E-state index in [0.29, 0.717) is 23.6 Å². The van der Waals surface area contributed by atoms with Crippen molar-refractivity contribution in [1.82, 2.24) is 14.8 Å². The summed E-state index contributed by atoms with van der Waals surface area (Å²) in [6.07, 6.45) is 2.45. The Kier molecular flexibility index (Phi) is 3.88. The Hall–Kier alpha value is -2.57. The lowest BCUT2D eigenvalue weighted by Crippen LogP contribution is -2.21. The van der Waals surface area contributed by atoms with Gasteiger partial charge >= 0.3 is 0 Å². The van der Waals surface area contributed by atoms with Gasteiger partial charge in [0.15, 0.2) is 5.69 Å². The monoisotopic (exact) mass is 275 g/mol. The minimum atomic E-state index is -0.409. The van der Waals surface area contributed by atoms with Gasteiger partial charge < -0.3 is 15.6 Å². The molecule has 7 heteroatoms. The number of anilines is 2. The third kappa shape index (κ3) is 2.71. The van der Waals surface area contributed by atoms with E-state index in [4.69, 9.17) is 5.73 Å². The average molecular weight is 275 g/mol. The van der Waals surface area contributed by atoms with E-state index < -0.39 is 5.91 Å². The van der Waals surface area contributed by atoms with Gasteiger partial charge in [0, 0.05) is 18.8 Å². The number of aryl methyl sites for hydroxylation is 2. The number of aromatic amines is 1. The second-order valence-electron chi connectivity index (χ2n) is 4.51. The highest BCUT2D eigenvalue weighted by Crippen LogP contribution is 2.14. The number of carbonyl (C=O) groups is 1. The Balaban J connectivity index is 2.22. The zero-order valence-electron chi connectivity index (χ0n) is 11.4. The van der Waals surface area contributed by atoms with Gasteiger partial charge in [-0.2, -0.15) is 5.10 Å². The summed E-state index contributed by atoms with van der Waals surface area (Å²) in [4.78, 5) is 23.6. The van der Waals surface area contributed by atoms with Crippen LogP contribution in [0.5, 0.6) is 0 Å². The van der Waals surface area contributed by atoms with Crippen LogP contribution in [0.1, 0.15) is 29.5 Å². The molecule has 4 N–H and O–H groups in total. The number of hydrogen-bond donors (Lipinski definition) is 3. The fourth-order valence-corrected chi connectivity index (χ4v) is 1.82. The SMILES string of the molecule is CCCn1cc(NC(=O)c2n[nH]c(C)c2N)ccc1=O. The van der Waals surface area contributed by atoms with Crippen molar-refractivity contribution >= 4 is 17.3 Å². The fraction of sp³-hybridized carbons (Fsp3) is 0.308. The van der Waals surface area contributed by atoms with E-state index in [1.807, 2.05) is 6.92 Å². The first-order chi connectivity index (χ1) is 9.52. The van der Waals surface area contributed by atoms with Crippen molar-refractivity contribution in [3.63, 3.8) is 0 Å². The number of nitrogen functional groups attached to an aromatic ring is 1. The van der Waals surface area contributed by atoms with Crippen LogP contribution in [0.2, 0.25) is 0 Å². The molecule has 0 saturated heterocycles. The van der Waals surface area contributed by atoms with Crippen LogP contribution in [-0.4, -0.2) is 20.7 Å². The maximum Gasteiger partial charge on any atom is 0.278 e. The number of nitrogens with one attached hydrogen (secondary N) is 2. The molecule has 0 aliphatic rings. The molecule has 0 radical (unpaired) electrons. The molecule has 0 saturated carbocycles. The molecule has 106 valence electrons. The van der Waals surface area contributed by atoms with Gasteiger partial charge in [-0.1, -0.05) is 6.92 Å². The molecule has 7 nitrogen and oxygen atoms in total. The fourth-order valence-electron chi connectivity index (χ4n) is 1.82. The number of nitrogens with two attached hydrogens (primary N) is 1. The second kappa shape index (κ2) is 5.60. The first-order valence-electron chi connectivity index (χ1n) is 6.35. The molecular weight excluding hydrogens is 258 g/mol. The van der Waals surface area contributed by atoms with Crippen molar-refractivity contribution in [2.75, 3.05) is 11.1 Å². The van der Waals surface area contributed by atoms with E-state index >= 15 is 0 Å². The minimum absolute atomic E-state index is 0.0972. The Morgan fingerprint density at radius 2 is 2.25 bits per heavy atom. The van der Waals surface area contributed by atoms with Gasteiger partial charge in [-0.05, 0) is 19.4 Å². The standard InChI is InChI=1S/C13H17N5O2/c1-3-6-18-7-9(4-5-10(18)19)15-13(20)12-11(14)8(2)16-17-12/h4-5,7H,3,6,14H2,1-2H3,(H,15,20)(H,16,17). The third-order valence-corrected chi connectivity index (χ3v) is 2.92. The molecule has 0 unspecified atom stereocenters. The summed E-state index contributed by atoms with van der Waals surface area (Å²) >= 11 is 0. The lowest BCUT2D eigenvalue weighted by molar-refractivity contribution is 0.102. The molecule has 0 aliphatic heterocycles. The summed E-state index contributed by atoms with van der Waals surface area (Å²) in [6, 6.07) is 2.98. The molecule has 2 aromatic heterocycles. The van der Waals surface area contributed by atoms with Crippen LogP contribution in [0.3, 0.4) is 0 Å². The minimum Gasteiger partial charge on any atom is -0.395 e. The summed E-state index contributed by atoms with van der Waals surface area (Å²) in [5.74, 6) is -0.409. The first-order valence-corrected chi connectivity index (χ1v) is 6.35. The van der Waals surface area contributed by atoms with Crippen molar-refractivity contribution in [3.8, 4) is 0 Å². The molecule has 0 bridgehead atoms. The van der Waals surface area contributed by atoms with E-state index in [2.05, 4.69) is 15.5 Å². The van der Waals surface area contributed by atoms with E-state index in [0.717, 1.165) is 6.42 Å². The maximum atomic E-state index is 12.0. The zero-order chi connectivity index (χ0) is 14.7. The van der Waals surface area contributed by atoms with Crippen LogP contribution in [0.25, 0.3) is 0 Å². The van der Waals surface area contributed by atoms with Crippen LogP contribution in [0, 0.1) is 6.92 Å². The third-order valence-electron chi connectivity index (χ3n) is 2.92. The van der Waals surface area contributed by atoms with E-state index in [1.165, 1.54) is 6.07 Å². The number of nitrogens with zero attached hydrogens (tertiary/aromatic N) is 2. The maximum absolute atomic E-state index is 12.0. The molecule has 0 aromatic carbocycles. The van der Waals surface area contributed by atoms with Crippen LogP contribution >= 0.6 is 0 Å². The predicted octanol–water partition coefficient (Wildman–Crippen LogP) is 1.12. The van der Waals surface area contributed by atoms with Crippen molar-refractivity contribution < 1.29 is 4.79 Å². The Labute approximate surface area is 115 Å². The Morgan fingerprint density at radius 3 is 2.85 bits per heavy atom. The smallest absolute Gasteiger partial charge is 0.278 e. The van der Waals surface area contributed by atoms with Crippen LogP contribution < -0.4 is 16.6 Å². The van der Waals surface area contributed by atoms with E-state index in [-0.39, 0.29) is 11.3 Å². The molecule has 0 atom stereocenters. The van der Waals surface area contributed by atoms with E-state index in [9.17, 15) is 9.59 Å². The summed E-state index contributed by atoms with van der Waals surface area (Å²) in [6.45, 7) is 4.32. The molecule has 2 heterocycles. The lowest BCUT2D eigenvalue weighted by Gasteiger charge is -2.08. The van der Waals surface area contributed by atoms with Gasteiger partial charge in [0.2, 0.25) is 0 Å². The summed E-state index contributed by atoms with van der Waals surface area (Å²) in [7, 11) is 0. The average Bonchev–Trinajstić information content (AvgIpc) is 2.74. The van der Waals surface area contributed by atoms with E-state index in [1.54, 1.807) is 23.8 Å². The van der Waals surface area contributed by atoms with Gasteiger partial charge in [-0.15, -0.1) is 0 Å². The number of hydrogen-bond acceptors (Lipinski definition) is 4. The number of rotatable bonds is 4. The summed E-state index contributed by atoms with van der Waals surface area (Å²) < 4.78 is 1.55. The highest BCUT2D eigenvalue weighted by atomic mass is 16.2. The van der Waals surface area contributed by atoms with Crippen LogP contribution in [0.15, 0.2) is 23.1 Å². The molecule has 20 heavy (non-hydrogen) atoms. The first kappa shape index (κ1) is 13.9. The summed E-state index contributed by atoms with van der Waals surface area (Å²) in [5, 5.41) is 9.19. The summed E-state index contributed by atoms with van der Waals surface area (Å²) in [5.41, 5.74) is 7.30. The largest absolute Gasteiger partial charge is 0.395 e. The van der Waals surface area contributed by atoms with Crippen molar-refractivity contribution in [2.24, 2.45) is 0 Å². The molecule has 0 fully saturated rings. The lowest BCUT2D eigenvalue weighted by atomic mass is 10.3. The van der Waals surface area contributed by atoms with Crippen LogP contribution in [-0.2, 0) is 6.54 Å². The van der Waals surface area contributed by atoms with Crippen molar-refractivity contribution in [2.45, 2.75) is 26.8 Å². The molecule has 0 spiro atoms. The van der Waals surface area contributed by atoms with Gasteiger partial charge in [-0.25, -0.2) is 0 Å². The molecular formula is C13H17N5O2. The topological polar surface area (TPSA) is 106 Å². The van der Waals surface area contributed by atoms with Gasteiger partial charge in [0.25, 0.3) is 11.5 Å². The van der Waals surface area contributed by atoms with Crippen molar-refractivity contribution in [3.05, 3.63) is 40.1 Å². The van der Waals surface area contributed by atoms with Gasteiger partial charge in [0.1, 0.15) is 0 Å². The predicted molar refractivity (Wildman–Crippen MR) is 76.7 cm³/mol. The van der Waals surface area contributed by atoms with Crippen molar-refractivity contribution in [1.29, 1.82) is 0 Å². The Morgan fingerprint density at radius 1 is 1.50 bits per heavy atom. The molecule has 1 amide bonds. The van der Waals surface area contributed by atoms with Gasteiger partial charge in [0.05, 0.1) is 17.1 Å². The number of pyridine rings is 1. The highest BCUT2D eigenvalue weighted by molar-refractivity contribution is 6.06. The number of aromatic nitrogens is 3. The van der Waals surface area contributed by atoms with Crippen LogP contribution in [0.4, 0.5) is 11.4 Å². The number of H-pyrrole nitrogens is 1. The Bertz CT molecular complexity index is 686. The van der Waals surface area contributed by atoms with Gasteiger partial charge in [-0.3, -0.25) is 14.7 Å². The number of amides is 1.